The molecule has 19 heteroatoms. The number of halogens is 2. The van der Waals surface area contributed by atoms with Gasteiger partial charge in [-0.05, 0) is 87.2 Å². The van der Waals surface area contributed by atoms with E-state index in [9.17, 15) is 32.8 Å². The summed E-state index contributed by atoms with van der Waals surface area (Å²) in [6.45, 7) is 6.37. The molecular weight excluding hydrogens is 841 g/mol. The second-order valence-electron chi connectivity index (χ2n) is 17.2. The highest BCUT2D eigenvalue weighted by Crippen LogP contribution is 2.36. The second kappa shape index (κ2) is 18.5. The number of alkyl halides is 2. The molecule has 17 nitrogen and oxygen atoms in total. The van der Waals surface area contributed by atoms with Crippen molar-refractivity contribution in [3.05, 3.63) is 101 Å². The summed E-state index contributed by atoms with van der Waals surface area (Å²) < 4.78 is 37.3. The van der Waals surface area contributed by atoms with Gasteiger partial charge in [-0.15, -0.1) is 0 Å². The fourth-order valence-corrected chi connectivity index (χ4v) is 9.35. The Morgan fingerprint density at radius 3 is 2.46 bits per heavy atom. The van der Waals surface area contributed by atoms with Crippen molar-refractivity contribution in [3.63, 3.8) is 0 Å². The fourth-order valence-electron chi connectivity index (χ4n) is 9.35. The van der Waals surface area contributed by atoms with Crippen LogP contribution in [-0.4, -0.2) is 103 Å². The van der Waals surface area contributed by atoms with Crippen LogP contribution in [0.2, 0.25) is 0 Å². The van der Waals surface area contributed by atoms with Crippen LogP contribution >= 0.6 is 0 Å². The number of anilines is 3. The van der Waals surface area contributed by atoms with E-state index in [1.807, 2.05) is 6.07 Å². The summed E-state index contributed by atoms with van der Waals surface area (Å²) in [6, 6.07) is 14.1. The minimum atomic E-state index is -2.88. The molecule has 4 aliphatic rings. The summed E-state index contributed by atoms with van der Waals surface area (Å²) in [5.74, 6) is -1.81. The molecule has 65 heavy (non-hydrogen) atoms. The number of carbonyl (C=O) groups is 5. The first-order valence-electron chi connectivity index (χ1n) is 22.2. The SMILES string of the molecule is CCC(=O)NC(=O)C(C)N1C(=O)c2cccc(NCCc3ccc(CNC[C@H]4CC[C@H](n5cc(NC(=O)c6cnn7ccc(N8C[C@H]9C[C@@H]8CO9)nc67)c(C(F)F)n5)CC4)cc3)c2C1=O. The minimum absolute atomic E-state index is 0.0253. The maximum atomic E-state index is 14.3. The Hall–Kier alpha value is -6.60. The Morgan fingerprint density at radius 2 is 1.74 bits per heavy atom. The first-order valence-corrected chi connectivity index (χ1v) is 22.2. The average molecular weight is 892 g/mol. The highest BCUT2D eigenvalue weighted by atomic mass is 19.3. The van der Waals surface area contributed by atoms with E-state index in [1.54, 1.807) is 36.0 Å². The number of hydrogen-bond donors (Lipinski definition) is 4. The zero-order chi connectivity index (χ0) is 45.4. The van der Waals surface area contributed by atoms with Gasteiger partial charge in [-0.3, -0.25) is 38.9 Å². The lowest BCUT2D eigenvalue weighted by atomic mass is 9.86. The molecule has 5 aromatic rings. The number of aromatic nitrogens is 5. The van der Waals surface area contributed by atoms with Gasteiger partial charge in [0.1, 0.15) is 17.4 Å². The van der Waals surface area contributed by atoms with Crippen LogP contribution in [0.3, 0.4) is 0 Å². The number of nitrogens with one attached hydrogen (secondary N) is 4. The van der Waals surface area contributed by atoms with E-state index in [0.29, 0.717) is 43.4 Å². The van der Waals surface area contributed by atoms with E-state index in [2.05, 4.69) is 60.6 Å². The van der Waals surface area contributed by atoms with Crippen LogP contribution in [-0.2, 0) is 27.3 Å². The van der Waals surface area contributed by atoms with E-state index >= 15 is 0 Å². The van der Waals surface area contributed by atoms with E-state index < -0.39 is 47.7 Å². The summed E-state index contributed by atoms with van der Waals surface area (Å²) >= 11 is 0. The lowest BCUT2D eigenvalue weighted by molar-refractivity contribution is -0.132. The largest absolute Gasteiger partial charge is 0.384 e. The maximum absolute atomic E-state index is 14.3. The number of rotatable bonds is 16. The molecule has 1 aliphatic carbocycles. The van der Waals surface area contributed by atoms with E-state index in [4.69, 9.17) is 9.72 Å². The summed E-state index contributed by atoms with van der Waals surface area (Å²) in [7, 11) is 0. The van der Waals surface area contributed by atoms with Crippen LogP contribution in [0.25, 0.3) is 5.65 Å². The number of hydrogen-bond acceptors (Lipinski definition) is 12. The molecule has 3 aliphatic heterocycles. The van der Waals surface area contributed by atoms with Gasteiger partial charge in [0.2, 0.25) is 11.8 Å². The third-order valence-corrected chi connectivity index (χ3v) is 13.0. The maximum Gasteiger partial charge on any atom is 0.284 e. The quantitative estimate of drug-likeness (QED) is 0.0935. The fraction of sp³-hybridized carbons (Fsp3) is 0.435. The van der Waals surface area contributed by atoms with Gasteiger partial charge in [0.15, 0.2) is 11.3 Å². The number of morpholine rings is 1. The van der Waals surface area contributed by atoms with E-state index in [1.165, 1.54) is 23.8 Å². The number of nitrogens with zero attached hydrogens (tertiary/aromatic N) is 7. The number of fused-ring (bicyclic) bond motifs is 4. The predicted molar refractivity (Wildman–Crippen MR) is 235 cm³/mol. The first kappa shape index (κ1) is 43.6. The van der Waals surface area contributed by atoms with Crippen LogP contribution in [0.5, 0.6) is 0 Å². The zero-order valence-electron chi connectivity index (χ0n) is 36.1. The zero-order valence-corrected chi connectivity index (χ0v) is 36.1. The molecule has 1 saturated carbocycles. The molecule has 5 amide bonds. The average Bonchev–Trinajstić information content (AvgIpc) is 4.16. The van der Waals surface area contributed by atoms with Crippen LogP contribution in [0.4, 0.5) is 26.0 Å². The molecule has 3 atom stereocenters. The van der Waals surface area contributed by atoms with Crippen LogP contribution in [0, 0.1) is 5.92 Å². The smallest absolute Gasteiger partial charge is 0.284 e. The van der Waals surface area contributed by atoms with Crippen molar-refractivity contribution in [2.24, 2.45) is 5.92 Å². The van der Waals surface area contributed by atoms with Crippen molar-refractivity contribution in [2.45, 2.75) is 96.0 Å². The molecule has 3 aromatic heterocycles. The molecule has 0 spiro atoms. The summed E-state index contributed by atoms with van der Waals surface area (Å²) in [4.78, 5) is 72.1. The van der Waals surface area contributed by atoms with Crippen LogP contribution in [0.15, 0.2) is 67.1 Å². The van der Waals surface area contributed by atoms with Gasteiger partial charge in [0.25, 0.3) is 24.1 Å². The molecule has 2 saturated heterocycles. The van der Waals surface area contributed by atoms with Gasteiger partial charge < -0.3 is 25.6 Å². The Labute approximate surface area is 373 Å². The molecular formula is C46H51F2N11O6. The molecule has 1 unspecified atom stereocenters. The summed E-state index contributed by atoms with van der Waals surface area (Å²) in [5, 5.41) is 20.3. The molecule has 6 heterocycles. The minimum Gasteiger partial charge on any atom is -0.384 e. The summed E-state index contributed by atoms with van der Waals surface area (Å²) in [5.41, 5.74) is 3.15. The first-order chi connectivity index (χ1) is 31.4. The van der Waals surface area contributed by atoms with Gasteiger partial charge in [-0.25, -0.2) is 18.3 Å². The van der Waals surface area contributed by atoms with Crippen LogP contribution < -0.4 is 26.2 Å². The Balaban J connectivity index is 0.728. The standard InChI is InChI=1S/C46H51F2N11O6/c1-3-38(60)54-43(61)26(2)59-45(63)33-5-4-6-35(39(33)46(59)64)50-17-15-27-7-9-28(10-8-27)20-49-21-29-11-13-30(14-12-29)58-24-36(40(55-58)41(47)48)52-44(62)34-22-51-57-18-16-37(53-42(34)57)56-23-32-19-31(56)25-65-32/h4-10,16,18,22,24,26,29-32,41,49-50H,3,11-15,17,19-21,23,25H2,1-2H3,(H,52,62)(H,54,60,61)/t26?,29-,30-,31-,32-/m1/s1. The van der Waals surface area contributed by atoms with Gasteiger partial charge in [-0.2, -0.15) is 10.2 Å². The topological polar surface area (TPSA) is 197 Å². The highest BCUT2D eigenvalue weighted by Gasteiger charge is 2.43. The molecule has 340 valence electrons. The Morgan fingerprint density at radius 1 is 0.954 bits per heavy atom. The predicted octanol–water partition coefficient (Wildman–Crippen LogP) is 5.31. The Kier molecular flexibility index (Phi) is 12.4. The van der Waals surface area contributed by atoms with E-state index in [-0.39, 0.29) is 47.0 Å². The number of benzene rings is 2. The summed E-state index contributed by atoms with van der Waals surface area (Å²) in [6.07, 6.45) is 6.97. The van der Waals surface area contributed by atoms with Gasteiger partial charge in [0.05, 0.1) is 47.8 Å². The molecule has 2 bridgehead atoms. The van der Waals surface area contributed by atoms with Crippen LogP contribution in [0.1, 0.15) is 113 Å². The van der Waals surface area contributed by atoms with Gasteiger partial charge in [-0.1, -0.05) is 37.3 Å². The highest BCUT2D eigenvalue weighted by molar-refractivity contribution is 6.25. The lowest BCUT2D eigenvalue weighted by Gasteiger charge is -2.29. The number of amides is 5. The third-order valence-electron chi connectivity index (χ3n) is 13.0. The molecule has 4 N–H and O–H groups in total. The Bertz CT molecular complexity index is 2620. The van der Waals surface area contributed by atoms with Crippen molar-refractivity contribution < 1.29 is 37.5 Å². The molecule has 2 aromatic carbocycles. The molecule has 3 fully saturated rings. The number of carbonyl (C=O) groups excluding carboxylic acids is 5. The van der Waals surface area contributed by atoms with Crippen molar-refractivity contribution in [3.8, 4) is 0 Å². The normalized spacial score (nSPS) is 20.8. The molecule has 9 rings (SSSR count). The lowest BCUT2D eigenvalue weighted by Crippen LogP contribution is -2.49. The number of ether oxygens (including phenoxy) is 1. The van der Waals surface area contributed by atoms with Crippen molar-refractivity contribution in [1.82, 2.24) is 39.9 Å². The van der Waals surface area contributed by atoms with Crippen molar-refractivity contribution in [1.29, 1.82) is 0 Å². The number of imide groups is 2. The van der Waals surface area contributed by atoms with Gasteiger partial charge >= 0.3 is 0 Å². The third kappa shape index (κ3) is 8.94. The molecule has 0 radical (unpaired) electrons. The van der Waals surface area contributed by atoms with Crippen molar-refractivity contribution in [2.75, 3.05) is 41.8 Å². The van der Waals surface area contributed by atoms with Crippen molar-refractivity contribution >= 4 is 52.4 Å². The second-order valence-corrected chi connectivity index (χ2v) is 17.2. The van der Waals surface area contributed by atoms with E-state index in [0.717, 1.165) is 67.0 Å². The van der Waals surface area contributed by atoms with Gasteiger partial charge in [0, 0.05) is 44.1 Å². The monoisotopic (exact) mass is 891 g/mol.